The minimum Gasteiger partial charge on any atom is -0.465 e. The third-order valence-corrected chi connectivity index (χ3v) is 3.61. The summed E-state index contributed by atoms with van der Waals surface area (Å²) in [5.74, 6) is -0.777. The van der Waals surface area contributed by atoms with Gasteiger partial charge in [0.2, 0.25) is 0 Å². The monoisotopic (exact) mass is 291 g/mol. The fraction of sp³-hybridized carbons (Fsp3) is 0.200. The van der Waals surface area contributed by atoms with Crippen molar-refractivity contribution in [3.63, 3.8) is 0 Å². The van der Waals surface area contributed by atoms with Gasteiger partial charge in [0, 0.05) is 17.8 Å². The van der Waals surface area contributed by atoms with Crippen molar-refractivity contribution in [2.24, 2.45) is 0 Å². The van der Waals surface area contributed by atoms with Crippen LogP contribution in [0.25, 0.3) is 6.08 Å². The maximum absolute atomic E-state index is 12.2. The number of allylic oxidation sites excluding steroid dienone is 1. The molecular formula is C15H14ClNO3. The Morgan fingerprint density at radius 2 is 2.00 bits per heavy atom. The van der Waals surface area contributed by atoms with Gasteiger partial charge >= 0.3 is 5.97 Å². The van der Waals surface area contributed by atoms with E-state index in [0.717, 1.165) is 0 Å². The predicted molar refractivity (Wildman–Crippen MR) is 76.9 cm³/mol. The SMILES string of the molecule is COC(=O)C1=C(C)N(C)C(=O)/C1=C\c1ccccc1Cl. The smallest absolute Gasteiger partial charge is 0.340 e. The molecule has 5 heteroatoms. The quantitative estimate of drug-likeness (QED) is 0.622. The fourth-order valence-corrected chi connectivity index (χ4v) is 2.23. The average molecular weight is 292 g/mol. The van der Waals surface area contributed by atoms with E-state index in [4.69, 9.17) is 16.3 Å². The molecule has 104 valence electrons. The Morgan fingerprint density at radius 1 is 1.35 bits per heavy atom. The number of methoxy groups -OCH3 is 1. The van der Waals surface area contributed by atoms with Crippen LogP contribution in [0.1, 0.15) is 12.5 Å². The second kappa shape index (κ2) is 5.51. The molecule has 2 rings (SSSR count). The molecule has 0 aliphatic carbocycles. The van der Waals surface area contributed by atoms with E-state index < -0.39 is 5.97 Å². The molecule has 0 N–H and O–H groups in total. The van der Waals surface area contributed by atoms with Gasteiger partial charge in [0.25, 0.3) is 5.91 Å². The van der Waals surface area contributed by atoms with Crippen LogP contribution in [-0.2, 0) is 14.3 Å². The molecule has 0 spiro atoms. The predicted octanol–water partition coefficient (Wildman–Crippen LogP) is 2.64. The summed E-state index contributed by atoms with van der Waals surface area (Å²) in [6.45, 7) is 1.71. The zero-order valence-corrected chi connectivity index (χ0v) is 12.2. The molecule has 0 fully saturated rings. The van der Waals surface area contributed by atoms with Gasteiger partial charge in [-0.3, -0.25) is 4.79 Å². The molecule has 1 aliphatic heterocycles. The summed E-state index contributed by atoms with van der Waals surface area (Å²) in [6, 6.07) is 7.13. The highest BCUT2D eigenvalue weighted by atomic mass is 35.5. The molecule has 1 aromatic rings. The number of nitrogens with zero attached hydrogens (tertiary/aromatic N) is 1. The number of carbonyl (C=O) groups excluding carboxylic acids is 2. The van der Waals surface area contributed by atoms with Crippen LogP contribution < -0.4 is 0 Å². The molecule has 0 saturated carbocycles. The summed E-state index contributed by atoms with van der Waals surface area (Å²) in [5, 5.41) is 0.518. The Kier molecular flexibility index (Phi) is 3.95. The van der Waals surface area contributed by atoms with E-state index in [2.05, 4.69) is 0 Å². The van der Waals surface area contributed by atoms with Crippen molar-refractivity contribution in [3.05, 3.63) is 51.7 Å². The van der Waals surface area contributed by atoms with Crippen LogP contribution >= 0.6 is 11.6 Å². The van der Waals surface area contributed by atoms with Gasteiger partial charge in [-0.15, -0.1) is 0 Å². The minimum absolute atomic E-state index is 0.247. The number of likely N-dealkylation sites (N-methyl/N-ethyl adjacent to an activating group) is 1. The minimum atomic E-state index is -0.529. The first-order valence-corrected chi connectivity index (χ1v) is 6.39. The molecule has 0 aromatic heterocycles. The maximum atomic E-state index is 12.2. The lowest BCUT2D eigenvalue weighted by molar-refractivity contribution is -0.136. The number of amides is 1. The molecule has 0 bridgehead atoms. The highest BCUT2D eigenvalue weighted by Gasteiger charge is 2.34. The van der Waals surface area contributed by atoms with Crippen molar-refractivity contribution in [2.75, 3.05) is 14.2 Å². The Hall–Kier alpha value is -2.07. The lowest BCUT2D eigenvalue weighted by Crippen LogP contribution is -2.19. The third kappa shape index (κ3) is 2.34. The highest BCUT2D eigenvalue weighted by molar-refractivity contribution is 6.32. The van der Waals surface area contributed by atoms with Crippen molar-refractivity contribution in [2.45, 2.75) is 6.92 Å². The number of rotatable bonds is 2. The Balaban J connectivity index is 2.57. The fourth-order valence-electron chi connectivity index (χ4n) is 2.04. The third-order valence-electron chi connectivity index (χ3n) is 3.26. The van der Waals surface area contributed by atoms with Crippen molar-refractivity contribution in [1.29, 1.82) is 0 Å². The molecule has 1 aromatic carbocycles. The van der Waals surface area contributed by atoms with Crippen molar-refractivity contribution in [1.82, 2.24) is 4.90 Å². The average Bonchev–Trinajstić information content (AvgIpc) is 2.65. The van der Waals surface area contributed by atoms with Gasteiger partial charge in [-0.1, -0.05) is 29.8 Å². The molecule has 0 radical (unpaired) electrons. The van der Waals surface area contributed by atoms with E-state index in [1.54, 1.807) is 38.2 Å². The van der Waals surface area contributed by atoms with Crippen LogP contribution in [0.15, 0.2) is 41.1 Å². The molecule has 0 saturated heterocycles. The largest absolute Gasteiger partial charge is 0.465 e. The summed E-state index contributed by atoms with van der Waals surface area (Å²) in [5.41, 5.74) is 1.83. The summed E-state index contributed by atoms with van der Waals surface area (Å²) in [6.07, 6.45) is 1.62. The van der Waals surface area contributed by atoms with Crippen LogP contribution in [0, 0.1) is 0 Å². The highest BCUT2D eigenvalue weighted by Crippen LogP contribution is 2.31. The number of benzene rings is 1. The van der Waals surface area contributed by atoms with Gasteiger partial charge in [-0.05, 0) is 24.6 Å². The normalized spacial score (nSPS) is 17.1. The van der Waals surface area contributed by atoms with E-state index in [-0.39, 0.29) is 11.5 Å². The Morgan fingerprint density at radius 3 is 2.60 bits per heavy atom. The van der Waals surface area contributed by atoms with Gasteiger partial charge < -0.3 is 9.64 Å². The lowest BCUT2D eigenvalue weighted by atomic mass is 10.0. The molecule has 0 unspecified atom stereocenters. The zero-order valence-electron chi connectivity index (χ0n) is 11.4. The van der Waals surface area contributed by atoms with Gasteiger partial charge in [-0.2, -0.15) is 0 Å². The number of carbonyl (C=O) groups is 2. The van der Waals surface area contributed by atoms with E-state index in [1.165, 1.54) is 12.0 Å². The van der Waals surface area contributed by atoms with Gasteiger partial charge in [0.1, 0.15) is 0 Å². The number of ether oxygens (including phenoxy) is 1. The number of halogens is 1. The Bertz CT molecular complexity index is 646. The summed E-state index contributed by atoms with van der Waals surface area (Å²) in [7, 11) is 2.91. The second-order valence-electron chi connectivity index (χ2n) is 4.40. The van der Waals surface area contributed by atoms with Gasteiger partial charge in [0.05, 0.1) is 18.3 Å². The molecule has 1 amide bonds. The van der Waals surface area contributed by atoms with E-state index >= 15 is 0 Å². The van der Waals surface area contributed by atoms with E-state index in [0.29, 0.717) is 21.9 Å². The van der Waals surface area contributed by atoms with Crippen molar-refractivity contribution < 1.29 is 14.3 Å². The molecular weight excluding hydrogens is 278 g/mol. The zero-order chi connectivity index (χ0) is 14.9. The van der Waals surface area contributed by atoms with Crippen molar-refractivity contribution in [3.8, 4) is 0 Å². The molecule has 1 aliphatic rings. The van der Waals surface area contributed by atoms with Crippen LogP contribution in [0.5, 0.6) is 0 Å². The van der Waals surface area contributed by atoms with Gasteiger partial charge in [-0.25, -0.2) is 4.79 Å². The summed E-state index contributed by atoms with van der Waals surface area (Å²) in [4.78, 5) is 25.5. The number of hydrogen-bond donors (Lipinski definition) is 0. The number of esters is 1. The van der Waals surface area contributed by atoms with Crippen LogP contribution in [0.2, 0.25) is 5.02 Å². The molecule has 0 atom stereocenters. The van der Waals surface area contributed by atoms with E-state index in [1.807, 2.05) is 6.07 Å². The van der Waals surface area contributed by atoms with Crippen LogP contribution in [0.3, 0.4) is 0 Å². The maximum Gasteiger partial charge on any atom is 0.340 e. The van der Waals surface area contributed by atoms with Crippen molar-refractivity contribution >= 4 is 29.6 Å². The lowest BCUT2D eigenvalue weighted by Gasteiger charge is -2.08. The first-order valence-electron chi connectivity index (χ1n) is 6.01. The van der Waals surface area contributed by atoms with E-state index in [9.17, 15) is 9.59 Å². The summed E-state index contributed by atoms with van der Waals surface area (Å²) >= 11 is 6.08. The number of hydrogen-bond acceptors (Lipinski definition) is 3. The first-order chi connectivity index (χ1) is 9.47. The van der Waals surface area contributed by atoms with Crippen LogP contribution in [-0.4, -0.2) is 30.9 Å². The Labute approximate surface area is 122 Å². The molecule has 1 heterocycles. The molecule has 4 nitrogen and oxygen atoms in total. The second-order valence-corrected chi connectivity index (χ2v) is 4.80. The van der Waals surface area contributed by atoms with Gasteiger partial charge in [0.15, 0.2) is 0 Å². The molecule has 20 heavy (non-hydrogen) atoms. The standard InChI is InChI=1S/C15H14ClNO3/c1-9-13(15(19)20-3)11(14(18)17(9)2)8-10-6-4-5-7-12(10)16/h4-8H,1-3H3/b11-8-. The topological polar surface area (TPSA) is 46.6 Å². The summed E-state index contributed by atoms with van der Waals surface area (Å²) < 4.78 is 4.75. The first kappa shape index (κ1) is 14.3. The van der Waals surface area contributed by atoms with Crippen LogP contribution in [0.4, 0.5) is 0 Å².